The van der Waals surface area contributed by atoms with Crippen LogP contribution in [0.5, 0.6) is 11.5 Å². The molecular weight excluding hydrogens is 393 g/mol. The molecule has 2 heterocycles. The van der Waals surface area contributed by atoms with Crippen molar-refractivity contribution in [2.45, 2.75) is 6.42 Å². The quantitative estimate of drug-likeness (QED) is 0.741. The number of nitrogens with two attached hydrogens (primary N) is 1. The third kappa shape index (κ3) is 2.62. The molecule has 0 fully saturated rings. The average Bonchev–Trinajstić information content (AvgIpc) is 2.67. The van der Waals surface area contributed by atoms with Gasteiger partial charge in [-0.2, -0.15) is 0 Å². The van der Waals surface area contributed by atoms with E-state index in [1.807, 2.05) is 6.07 Å². The number of hydrogen-bond acceptors (Lipinski definition) is 5. The summed E-state index contributed by atoms with van der Waals surface area (Å²) in [5.74, 6) is 2.15. The summed E-state index contributed by atoms with van der Waals surface area (Å²) in [6, 6.07) is 3.59. The van der Waals surface area contributed by atoms with E-state index < -0.39 is 0 Å². The van der Waals surface area contributed by atoms with Crippen LogP contribution in [0, 0.1) is 3.57 Å². The zero-order valence-corrected chi connectivity index (χ0v) is 13.3. The normalized spacial score (nSPS) is 13.9. The summed E-state index contributed by atoms with van der Waals surface area (Å²) >= 11 is 8.33. The molecule has 1 aromatic heterocycles. The van der Waals surface area contributed by atoms with Crippen LogP contribution in [0.15, 0.2) is 18.3 Å². The summed E-state index contributed by atoms with van der Waals surface area (Å²) < 4.78 is 12.0. The Bertz CT molecular complexity index is 666. The molecule has 0 radical (unpaired) electrons. The SMILES string of the molecule is Nc1nc(-c2cc(Cl)c3c(c2)OCCCO3)ncc1I. The van der Waals surface area contributed by atoms with Crippen molar-refractivity contribution >= 4 is 40.0 Å². The Morgan fingerprint density at radius 2 is 2.05 bits per heavy atom. The van der Waals surface area contributed by atoms with E-state index in [1.165, 1.54) is 0 Å². The van der Waals surface area contributed by atoms with Gasteiger partial charge in [-0.05, 0) is 34.7 Å². The number of benzene rings is 1. The number of nitrogens with zero attached hydrogens (tertiary/aromatic N) is 2. The third-order valence-corrected chi connectivity index (χ3v) is 3.94. The lowest BCUT2D eigenvalue weighted by molar-refractivity contribution is 0.297. The zero-order chi connectivity index (χ0) is 14.1. The number of halogens is 2. The highest BCUT2D eigenvalue weighted by Crippen LogP contribution is 2.40. The molecule has 104 valence electrons. The highest BCUT2D eigenvalue weighted by atomic mass is 127. The smallest absolute Gasteiger partial charge is 0.179 e. The highest BCUT2D eigenvalue weighted by molar-refractivity contribution is 14.1. The average molecular weight is 404 g/mol. The summed E-state index contributed by atoms with van der Waals surface area (Å²) in [6.45, 7) is 1.20. The molecule has 3 rings (SSSR count). The van der Waals surface area contributed by atoms with Crippen LogP contribution in [0.25, 0.3) is 11.4 Å². The van der Waals surface area contributed by atoms with E-state index in [0.29, 0.717) is 41.4 Å². The fourth-order valence-electron chi connectivity index (χ4n) is 1.88. The fourth-order valence-corrected chi connectivity index (χ4v) is 2.40. The van der Waals surface area contributed by atoms with Gasteiger partial charge in [-0.15, -0.1) is 0 Å². The monoisotopic (exact) mass is 403 g/mol. The van der Waals surface area contributed by atoms with Gasteiger partial charge in [-0.25, -0.2) is 9.97 Å². The Morgan fingerprint density at radius 1 is 1.25 bits per heavy atom. The van der Waals surface area contributed by atoms with Gasteiger partial charge < -0.3 is 15.2 Å². The lowest BCUT2D eigenvalue weighted by Gasteiger charge is -2.11. The molecule has 7 heteroatoms. The first kappa shape index (κ1) is 13.7. The van der Waals surface area contributed by atoms with Gasteiger partial charge in [0.05, 0.1) is 21.8 Å². The van der Waals surface area contributed by atoms with Crippen LogP contribution in [0.3, 0.4) is 0 Å². The molecule has 2 aromatic rings. The second kappa shape index (κ2) is 5.61. The van der Waals surface area contributed by atoms with E-state index in [1.54, 1.807) is 12.3 Å². The van der Waals surface area contributed by atoms with Crippen LogP contribution in [0.1, 0.15) is 6.42 Å². The van der Waals surface area contributed by atoms with Crippen LogP contribution >= 0.6 is 34.2 Å². The first-order valence-electron chi connectivity index (χ1n) is 6.02. The van der Waals surface area contributed by atoms with Crippen molar-refractivity contribution in [2.24, 2.45) is 0 Å². The maximum atomic E-state index is 6.25. The minimum atomic E-state index is 0.443. The minimum Gasteiger partial charge on any atom is -0.489 e. The van der Waals surface area contributed by atoms with Crippen molar-refractivity contribution in [3.8, 4) is 22.9 Å². The van der Waals surface area contributed by atoms with Gasteiger partial charge in [0.25, 0.3) is 0 Å². The summed E-state index contributed by atoms with van der Waals surface area (Å²) in [5.41, 5.74) is 6.56. The molecule has 0 bridgehead atoms. The van der Waals surface area contributed by atoms with E-state index in [0.717, 1.165) is 15.6 Å². The van der Waals surface area contributed by atoms with Crippen LogP contribution in [-0.2, 0) is 0 Å². The molecule has 1 aliphatic heterocycles. The maximum absolute atomic E-state index is 6.25. The Morgan fingerprint density at radius 3 is 2.85 bits per heavy atom. The molecule has 0 spiro atoms. The Kier molecular flexibility index (Phi) is 3.84. The maximum Gasteiger partial charge on any atom is 0.179 e. The van der Waals surface area contributed by atoms with E-state index in [-0.39, 0.29) is 0 Å². The molecular formula is C13H11ClIN3O2. The number of fused-ring (bicyclic) bond motifs is 1. The minimum absolute atomic E-state index is 0.443. The molecule has 1 aromatic carbocycles. The summed E-state index contributed by atoms with van der Waals surface area (Å²) in [6.07, 6.45) is 2.50. The number of nitrogen functional groups attached to an aromatic ring is 1. The molecule has 5 nitrogen and oxygen atoms in total. The number of ether oxygens (including phenoxy) is 2. The molecule has 0 aliphatic carbocycles. The molecule has 0 saturated carbocycles. The number of aromatic nitrogens is 2. The van der Waals surface area contributed by atoms with E-state index in [2.05, 4.69) is 32.6 Å². The van der Waals surface area contributed by atoms with E-state index in [4.69, 9.17) is 26.8 Å². The second-order valence-corrected chi connectivity index (χ2v) is 5.83. The van der Waals surface area contributed by atoms with Crippen LogP contribution < -0.4 is 15.2 Å². The number of anilines is 1. The highest BCUT2D eigenvalue weighted by Gasteiger charge is 2.17. The summed E-state index contributed by atoms with van der Waals surface area (Å²) in [4.78, 5) is 8.53. The topological polar surface area (TPSA) is 70.3 Å². The Balaban J connectivity index is 2.08. The molecule has 2 N–H and O–H groups in total. The van der Waals surface area contributed by atoms with E-state index in [9.17, 15) is 0 Å². The predicted octanol–water partition coefficient (Wildman–Crippen LogP) is 3.15. The van der Waals surface area contributed by atoms with Crippen molar-refractivity contribution in [1.29, 1.82) is 0 Å². The van der Waals surface area contributed by atoms with Crippen molar-refractivity contribution < 1.29 is 9.47 Å². The van der Waals surface area contributed by atoms with Gasteiger partial charge in [0, 0.05) is 18.2 Å². The fraction of sp³-hybridized carbons (Fsp3) is 0.231. The standard InChI is InChI=1S/C13H11ClIN3O2/c14-8-4-7(13-17-6-9(15)12(16)18-13)5-10-11(8)20-3-1-2-19-10/h4-6H,1-3H2,(H2,16,17,18). The third-order valence-electron chi connectivity index (χ3n) is 2.83. The van der Waals surface area contributed by atoms with Crippen molar-refractivity contribution in [3.63, 3.8) is 0 Å². The molecule has 20 heavy (non-hydrogen) atoms. The van der Waals surface area contributed by atoms with Gasteiger partial charge >= 0.3 is 0 Å². The molecule has 1 aliphatic rings. The summed E-state index contributed by atoms with van der Waals surface area (Å²) in [7, 11) is 0. The van der Waals surface area contributed by atoms with Crippen LogP contribution in [0.2, 0.25) is 5.02 Å². The van der Waals surface area contributed by atoms with Gasteiger partial charge in [0.1, 0.15) is 5.82 Å². The Labute approximate surface area is 134 Å². The van der Waals surface area contributed by atoms with Crippen molar-refractivity contribution in [1.82, 2.24) is 9.97 Å². The largest absolute Gasteiger partial charge is 0.489 e. The lowest BCUT2D eigenvalue weighted by atomic mass is 10.2. The second-order valence-electron chi connectivity index (χ2n) is 4.26. The molecule has 0 atom stereocenters. The predicted molar refractivity (Wildman–Crippen MR) is 85.2 cm³/mol. The first-order valence-corrected chi connectivity index (χ1v) is 7.48. The van der Waals surface area contributed by atoms with Gasteiger partial charge in [0.2, 0.25) is 0 Å². The van der Waals surface area contributed by atoms with Gasteiger partial charge in [0.15, 0.2) is 17.3 Å². The van der Waals surface area contributed by atoms with Crippen molar-refractivity contribution in [2.75, 3.05) is 18.9 Å². The zero-order valence-electron chi connectivity index (χ0n) is 10.4. The van der Waals surface area contributed by atoms with Gasteiger partial charge in [-0.1, -0.05) is 11.6 Å². The van der Waals surface area contributed by atoms with Gasteiger partial charge in [-0.3, -0.25) is 0 Å². The number of hydrogen-bond donors (Lipinski definition) is 1. The van der Waals surface area contributed by atoms with E-state index >= 15 is 0 Å². The Hall–Kier alpha value is -1.28. The van der Waals surface area contributed by atoms with Crippen molar-refractivity contribution in [3.05, 3.63) is 26.9 Å². The lowest BCUT2D eigenvalue weighted by Crippen LogP contribution is -1.99. The van der Waals surface area contributed by atoms with Crippen LogP contribution in [-0.4, -0.2) is 23.2 Å². The number of rotatable bonds is 1. The molecule has 0 amide bonds. The van der Waals surface area contributed by atoms with Crippen LogP contribution in [0.4, 0.5) is 5.82 Å². The molecule has 0 saturated heterocycles. The summed E-state index contributed by atoms with van der Waals surface area (Å²) in [5, 5.41) is 0.486. The molecule has 0 unspecified atom stereocenters. The first-order chi connectivity index (χ1) is 9.65.